The van der Waals surface area contributed by atoms with Crippen LogP contribution in [0.25, 0.3) is 11.3 Å². The van der Waals surface area contributed by atoms with E-state index in [4.69, 9.17) is 28.2 Å². The number of likely N-dealkylation sites (tertiary alicyclic amines) is 1. The zero-order valence-corrected chi connectivity index (χ0v) is 24.2. The summed E-state index contributed by atoms with van der Waals surface area (Å²) in [7, 11) is 0. The van der Waals surface area contributed by atoms with E-state index in [2.05, 4.69) is 26.7 Å². The van der Waals surface area contributed by atoms with Gasteiger partial charge in [-0.1, -0.05) is 53.2 Å². The number of H-pyrrole nitrogens is 1. The van der Waals surface area contributed by atoms with Crippen LogP contribution in [0.3, 0.4) is 0 Å². The lowest BCUT2D eigenvalue weighted by Crippen LogP contribution is -2.52. The topological polar surface area (TPSA) is 106 Å². The molecule has 0 saturated carbocycles. The van der Waals surface area contributed by atoms with Crippen LogP contribution in [0, 0.1) is 5.21 Å². The Hall–Kier alpha value is -2.60. The monoisotopic (exact) mass is 602 g/mol. The van der Waals surface area contributed by atoms with Crippen LogP contribution in [-0.2, 0) is 17.9 Å². The predicted molar refractivity (Wildman–Crippen MR) is 159 cm³/mol. The summed E-state index contributed by atoms with van der Waals surface area (Å²) < 4.78 is 0.525. The number of amides is 1. The molecular formula is C27H28Cl2N6O2S2. The number of carbonyl (C=O) groups is 1. The third-order valence-electron chi connectivity index (χ3n) is 6.60. The Kier molecular flexibility index (Phi) is 9.11. The SMILES string of the molecule is O=C(CSc1nc(-c2cccc(NCc3cnc[nH]3)c2)cs1)NC1CC[N+]([O-])(Cc2ccc(Cl)c(Cl)c2)CC1. The number of thiazole rings is 1. The molecule has 3 N–H and O–H groups in total. The third kappa shape index (κ3) is 7.75. The highest BCUT2D eigenvalue weighted by molar-refractivity contribution is 8.01. The second-order valence-corrected chi connectivity index (χ2v) is 12.4. The lowest BCUT2D eigenvalue weighted by molar-refractivity contribution is -0.898. The van der Waals surface area contributed by atoms with Crippen molar-refractivity contribution in [2.75, 3.05) is 24.2 Å². The van der Waals surface area contributed by atoms with E-state index in [-0.39, 0.29) is 22.3 Å². The number of nitrogens with zero attached hydrogens (tertiary/aromatic N) is 3. The molecule has 0 unspecified atom stereocenters. The molecule has 1 amide bonds. The number of hydroxylamine groups is 3. The highest BCUT2D eigenvalue weighted by Crippen LogP contribution is 2.30. The number of hydrogen-bond donors (Lipinski definition) is 3. The number of piperidine rings is 1. The number of halogens is 2. The molecule has 2 aromatic carbocycles. The fourth-order valence-electron chi connectivity index (χ4n) is 4.53. The van der Waals surface area contributed by atoms with Crippen molar-refractivity contribution in [2.24, 2.45) is 0 Å². The maximum atomic E-state index is 13.2. The zero-order chi connectivity index (χ0) is 27.2. The number of carbonyl (C=O) groups excluding carboxylic acids is 1. The summed E-state index contributed by atoms with van der Waals surface area (Å²) in [5.74, 6) is 0.248. The van der Waals surface area contributed by atoms with Crippen molar-refractivity contribution in [3.05, 3.63) is 86.9 Å². The summed E-state index contributed by atoms with van der Waals surface area (Å²) in [5.41, 5.74) is 4.77. The average Bonchev–Trinajstić information content (AvgIpc) is 3.63. The number of rotatable bonds is 10. The molecule has 1 aliphatic rings. The number of aromatic amines is 1. The van der Waals surface area contributed by atoms with E-state index in [0.29, 0.717) is 49.1 Å². The van der Waals surface area contributed by atoms with Crippen molar-refractivity contribution in [1.82, 2.24) is 20.3 Å². The van der Waals surface area contributed by atoms with Gasteiger partial charge >= 0.3 is 0 Å². The van der Waals surface area contributed by atoms with Gasteiger partial charge in [0.05, 0.1) is 53.1 Å². The Labute approximate surface area is 245 Å². The van der Waals surface area contributed by atoms with Crippen LogP contribution < -0.4 is 10.6 Å². The highest BCUT2D eigenvalue weighted by Gasteiger charge is 2.28. The number of thioether (sulfide) groups is 1. The van der Waals surface area contributed by atoms with Crippen LogP contribution in [-0.4, -0.2) is 50.4 Å². The molecule has 3 heterocycles. The van der Waals surface area contributed by atoms with Crippen LogP contribution in [0.4, 0.5) is 5.69 Å². The van der Waals surface area contributed by atoms with Crippen LogP contribution in [0.1, 0.15) is 24.1 Å². The van der Waals surface area contributed by atoms with Crippen LogP contribution >= 0.6 is 46.3 Å². The fraction of sp³-hybridized carbons (Fsp3) is 0.296. The summed E-state index contributed by atoms with van der Waals surface area (Å²) in [6, 6.07) is 13.4. The van der Waals surface area contributed by atoms with Gasteiger partial charge < -0.3 is 25.5 Å². The quantitative estimate of drug-likeness (QED) is 0.111. The largest absolute Gasteiger partial charge is 0.633 e. The standard InChI is InChI=1S/C27H28Cl2N6O2S2/c28-23-5-4-18(10-24(23)29)14-35(37)8-6-20(7-9-35)33-26(36)16-39-27-34-25(15-38-27)19-2-1-3-21(11-19)31-13-22-12-30-17-32-22/h1-5,10-12,15,17,20,31H,6-9,13-14,16H2,(H,30,32)(H,33,36). The Balaban J connectivity index is 1.07. The van der Waals surface area contributed by atoms with Crippen molar-refractivity contribution in [1.29, 1.82) is 0 Å². The van der Waals surface area contributed by atoms with Gasteiger partial charge in [-0.3, -0.25) is 4.79 Å². The minimum absolute atomic E-state index is 0.0101. The molecule has 0 aliphatic carbocycles. The van der Waals surface area contributed by atoms with E-state index in [1.807, 2.05) is 29.6 Å². The predicted octanol–water partition coefficient (Wildman–Crippen LogP) is 6.34. The molecule has 4 aromatic rings. The van der Waals surface area contributed by atoms with E-state index in [9.17, 15) is 10.0 Å². The molecule has 0 radical (unpaired) electrons. The first-order valence-corrected chi connectivity index (χ1v) is 15.2. The molecule has 1 fully saturated rings. The van der Waals surface area contributed by atoms with E-state index >= 15 is 0 Å². The minimum atomic E-state index is -0.319. The van der Waals surface area contributed by atoms with Crippen LogP contribution in [0.5, 0.6) is 0 Å². The second kappa shape index (κ2) is 12.7. The van der Waals surface area contributed by atoms with Crippen molar-refractivity contribution in [3.63, 3.8) is 0 Å². The number of quaternary nitrogens is 1. The normalized spacial score (nSPS) is 19.1. The first kappa shape index (κ1) is 27.9. The van der Waals surface area contributed by atoms with E-state index in [1.165, 1.54) is 23.1 Å². The molecule has 0 atom stereocenters. The van der Waals surface area contributed by atoms with E-state index in [0.717, 1.165) is 32.5 Å². The number of hydrogen-bond acceptors (Lipinski definition) is 7. The smallest absolute Gasteiger partial charge is 0.230 e. The number of anilines is 1. The zero-order valence-electron chi connectivity index (χ0n) is 21.0. The number of aromatic nitrogens is 3. The number of nitrogens with one attached hydrogen (secondary N) is 3. The first-order chi connectivity index (χ1) is 18.8. The van der Waals surface area contributed by atoms with Gasteiger partial charge in [0.25, 0.3) is 0 Å². The molecule has 0 bridgehead atoms. The molecule has 8 nitrogen and oxygen atoms in total. The van der Waals surface area contributed by atoms with Gasteiger partial charge in [-0.15, -0.1) is 11.3 Å². The Bertz CT molecular complexity index is 1410. The molecule has 2 aromatic heterocycles. The van der Waals surface area contributed by atoms with E-state index < -0.39 is 0 Å². The van der Waals surface area contributed by atoms with E-state index in [1.54, 1.807) is 24.7 Å². The lowest BCUT2D eigenvalue weighted by Gasteiger charge is -2.47. The molecule has 0 spiro atoms. The maximum absolute atomic E-state index is 13.2. The van der Waals surface area contributed by atoms with Gasteiger partial charge in [0.2, 0.25) is 5.91 Å². The second-order valence-electron chi connectivity index (χ2n) is 9.55. The molecule has 1 saturated heterocycles. The maximum Gasteiger partial charge on any atom is 0.230 e. The Morgan fingerprint density at radius 3 is 2.79 bits per heavy atom. The lowest BCUT2D eigenvalue weighted by atomic mass is 10.0. The van der Waals surface area contributed by atoms with Crippen molar-refractivity contribution in [2.45, 2.75) is 36.3 Å². The minimum Gasteiger partial charge on any atom is -0.633 e. The summed E-state index contributed by atoms with van der Waals surface area (Å²) in [5, 5.41) is 22.6. The molecule has 204 valence electrons. The summed E-state index contributed by atoms with van der Waals surface area (Å²) in [4.78, 5) is 24.4. The average molecular weight is 604 g/mol. The van der Waals surface area contributed by atoms with Crippen LogP contribution in [0.15, 0.2) is 64.7 Å². The number of imidazole rings is 1. The highest BCUT2D eigenvalue weighted by atomic mass is 35.5. The molecule has 5 rings (SSSR count). The van der Waals surface area contributed by atoms with Gasteiger partial charge in [-0.25, -0.2) is 9.97 Å². The van der Waals surface area contributed by atoms with Gasteiger partial charge in [-0.2, -0.15) is 0 Å². The van der Waals surface area contributed by atoms with Crippen molar-refractivity contribution >= 4 is 57.9 Å². The molecule has 12 heteroatoms. The van der Waals surface area contributed by atoms with Crippen molar-refractivity contribution in [3.8, 4) is 11.3 Å². The fourth-order valence-corrected chi connectivity index (χ4v) is 6.50. The summed E-state index contributed by atoms with van der Waals surface area (Å²) in [6.07, 6.45) is 4.75. The van der Waals surface area contributed by atoms with Gasteiger partial charge in [0.15, 0.2) is 4.34 Å². The van der Waals surface area contributed by atoms with Crippen molar-refractivity contribution < 1.29 is 9.44 Å². The third-order valence-corrected chi connectivity index (χ3v) is 9.36. The molecular weight excluding hydrogens is 575 g/mol. The number of benzene rings is 2. The van der Waals surface area contributed by atoms with Gasteiger partial charge in [0.1, 0.15) is 6.54 Å². The Morgan fingerprint density at radius 1 is 1.18 bits per heavy atom. The molecule has 1 aliphatic heterocycles. The van der Waals surface area contributed by atoms with Gasteiger partial charge in [-0.05, 0) is 24.3 Å². The summed E-state index contributed by atoms with van der Waals surface area (Å²) >= 11 is 15.0. The molecule has 39 heavy (non-hydrogen) atoms. The first-order valence-electron chi connectivity index (χ1n) is 12.6. The Morgan fingerprint density at radius 2 is 2.03 bits per heavy atom. The summed E-state index contributed by atoms with van der Waals surface area (Å²) in [6.45, 7) is 1.90. The van der Waals surface area contributed by atoms with Crippen LogP contribution in [0.2, 0.25) is 10.0 Å². The van der Waals surface area contributed by atoms with Gasteiger partial charge in [0, 0.05) is 47.3 Å².